The van der Waals surface area contributed by atoms with Gasteiger partial charge in [-0.25, -0.2) is 13.1 Å². The fourth-order valence-corrected chi connectivity index (χ4v) is 4.74. The number of hydrogen-bond donors (Lipinski definition) is 1. The van der Waals surface area contributed by atoms with Gasteiger partial charge in [-0.3, -0.25) is 0 Å². The maximum Gasteiger partial charge on any atom is 0.240 e. The Labute approximate surface area is 121 Å². The number of sulfonamides is 1. The molecule has 2 aliphatic rings. The summed E-state index contributed by atoms with van der Waals surface area (Å²) in [7, 11) is -1.15. The van der Waals surface area contributed by atoms with E-state index in [0.717, 1.165) is 12.8 Å². The van der Waals surface area contributed by atoms with Crippen molar-refractivity contribution in [3.05, 3.63) is 30.3 Å². The molecule has 1 aromatic carbocycles. The fourth-order valence-electron chi connectivity index (χ4n) is 3.60. The van der Waals surface area contributed by atoms with Gasteiger partial charge in [0.15, 0.2) is 0 Å². The normalized spacial score (nSPS) is 30.6. The molecule has 3 rings (SSSR count). The highest BCUT2D eigenvalue weighted by Crippen LogP contribution is 2.37. The van der Waals surface area contributed by atoms with E-state index in [-0.39, 0.29) is 0 Å². The van der Waals surface area contributed by atoms with Crippen LogP contribution >= 0.6 is 0 Å². The van der Waals surface area contributed by atoms with Gasteiger partial charge in [0.05, 0.1) is 4.90 Å². The van der Waals surface area contributed by atoms with Crippen molar-refractivity contribution in [3.8, 4) is 0 Å². The Morgan fingerprint density at radius 3 is 2.35 bits per heavy atom. The van der Waals surface area contributed by atoms with Gasteiger partial charge in [0.1, 0.15) is 0 Å². The van der Waals surface area contributed by atoms with E-state index in [1.165, 1.54) is 12.8 Å². The van der Waals surface area contributed by atoms with Gasteiger partial charge in [0, 0.05) is 18.6 Å². The van der Waals surface area contributed by atoms with Crippen LogP contribution in [0.5, 0.6) is 0 Å². The van der Waals surface area contributed by atoms with E-state index in [1.807, 2.05) is 6.07 Å². The second-order valence-corrected chi connectivity index (χ2v) is 7.82. The van der Waals surface area contributed by atoms with Crippen molar-refractivity contribution < 1.29 is 8.42 Å². The van der Waals surface area contributed by atoms with Crippen LogP contribution in [-0.4, -0.2) is 39.0 Å². The summed E-state index contributed by atoms with van der Waals surface area (Å²) in [6.07, 6.45) is 4.76. The molecule has 20 heavy (non-hydrogen) atoms. The van der Waals surface area contributed by atoms with Crippen LogP contribution in [0.2, 0.25) is 0 Å². The van der Waals surface area contributed by atoms with Crippen LogP contribution in [-0.2, 0) is 10.0 Å². The Hall–Kier alpha value is -0.910. The predicted molar refractivity (Wildman–Crippen MR) is 78.9 cm³/mol. The Kier molecular flexibility index (Phi) is 3.84. The molecule has 4 nitrogen and oxygen atoms in total. The van der Waals surface area contributed by atoms with Crippen molar-refractivity contribution in [1.29, 1.82) is 0 Å². The number of rotatable bonds is 4. The van der Waals surface area contributed by atoms with Crippen molar-refractivity contribution in [2.75, 3.05) is 13.6 Å². The van der Waals surface area contributed by atoms with Crippen LogP contribution in [0, 0.1) is 5.92 Å². The molecule has 2 aliphatic heterocycles. The number of piperidine rings is 1. The van der Waals surface area contributed by atoms with Crippen LogP contribution in [0.25, 0.3) is 0 Å². The minimum atomic E-state index is -3.35. The first-order valence-corrected chi connectivity index (χ1v) is 8.81. The lowest BCUT2D eigenvalue weighted by Gasteiger charge is -2.36. The number of fused-ring (bicyclic) bond motifs is 2. The Bertz CT molecular complexity index is 544. The lowest BCUT2D eigenvalue weighted by Crippen LogP contribution is -2.43. The Morgan fingerprint density at radius 1 is 1.15 bits per heavy atom. The first-order chi connectivity index (χ1) is 9.56. The molecule has 5 heteroatoms. The average molecular weight is 294 g/mol. The molecule has 110 valence electrons. The molecular formula is C15H22N2O2S. The largest absolute Gasteiger partial charge is 0.300 e. The number of nitrogens with one attached hydrogen (secondary N) is 1. The topological polar surface area (TPSA) is 49.4 Å². The van der Waals surface area contributed by atoms with Crippen LogP contribution in [0.15, 0.2) is 35.2 Å². The van der Waals surface area contributed by atoms with Crippen LogP contribution < -0.4 is 4.72 Å². The maximum absolute atomic E-state index is 12.2. The zero-order chi connectivity index (χ0) is 14.2. The summed E-state index contributed by atoms with van der Waals surface area (Å²) in [6.45, 7) is 0.568. The highest BCUT2D eigenvalue weighted by Gasteiger charge is 2.38. The van der Waals surface area contributed by atoms with Crippen molar-refractivity contribution in [1.82, 2.24) is 9.62 Å². The van der Waals surface area contributed by atoms with E-state index in [9.17, 15) is 8.42 Å². The van der Waals surface area contributed by atoms with Crippen molar-refractivity contribution >= 4 is 10.0 Å². The van der Waals surface area contributed by atoms with E-state index in [1.54, 1.807) is 24.3 Å². The third-order valence-corrected chi connectivity index (χ3v) is 6.25. The summed E-state index contributed by atoms with van der Waals surface area (Å²) >= 11 is 0. The van der Waals surface area contributed by atoms with Crippen molar-refractivity contribution in [2.24, 2.45) is 5.92 Å². The molecule has 2 heterocycles. The van der Waals surface area contributed by atoms with Gasteiger partial charge in [0.25, 0.3) is 0 Å². The van der Waals surface area contributed by atoms with E-state index >= 15 is 0 Å². The van der Waals surface area contributed by atoms with Gasteiger partial charge in [-0.15, -0.1) is 0 Å². The molecular weight excluding hydrogens is 272 g/mol. The monoisotopic (exact) mass is 294 g/mol. The summed E-state index contributed by atoms with van der Waals surface area (Å²) in [6, 6.07) is 9.92. The van der Waals surface area contributed by atoms with Crippen LogP contribution in [0.4, 0.5) is 0 Å². The molecule has 1 aromatic rings. The number of hydrogen-bond acceptors (Lipinski definition) is 3. The van der Waals surface area contributed by atoms with Gasteiger partial charge in [-0.2, -0.15) is 0 Å². The molecule has 2 bridgehead atoms. The molecule has 0 aliphatic carbocycles. The molecule has 1 N–H and O–H groups in total. The fraction of sp³-hybridized carbons (Fsp3) is 0.600. The van der Waals surface area contributed by atoms with Crippen molar-refractivity contribution in [3.63, 3.8) is 0 Å². The molecule has 2 fully saturated rings. The van der Waals surface area contributed by atoms with E-state index in [2.05, 4.69) is 16.7 Å². The van der Waals surface area contributed by atoms with Crippen LogP contribution in [0.3, 0.4) is 0 Å². The summed E-state index contributed by atoms with van der Waals surface area (Å²) in [4.78, 5) is 2.83. The molecule has 0 spiro atoms. The summed E-state index contributed by atoms with van der Waals surface area (Å²) in [5.74, 6) is 0.474. The quantitative estimate of drug-likeness (QED) is 0.922. The lowest BCUT2D eigenvalue weighted by molar-refractivity contribution is 0.135. The summed E-state index contributed by atoms with van der Waals surface area (Å²) < 4.78 is 27.2. The van der Waals surface area contributed by atoms with Gasteiger partial charge in [-0.1, -0.05) is 18.2 Å². The third kappa shape index (κ3) is 2.75. The maximum atomic E-state index is 12.2. The lowest BCUT2D eigenvalue weighted by atomic mass is 9.91. The standard InChI is InChI=1S/C15H22N2O2S/c1-17-13-7-8-14(17)10-12(9-13)11-16-20(18,19)15-5-3-2-4-6-15/h2-6,12-14,16H,7-11H2,1H3. The molecule has 0 amide bonds. The molecule has 2 atom stereocenters. The third-order valence-electron chi connectivity index (χ3n) is 4.81. The number of benzene rings is 1. The highest BCUT2D eigenvalue weighted by molar-refractivity contribution is 7.89. The van der Waals surface area contributed by atoms with Gasteiger partial charge >= 0.3 is 0 Å². The second kappa shape index (κ2) is 5.47. The first kappa shape index (κ1) is 14.0. The average Bonchev–Trinajstić information content (AvgIpc) is 2.67. The molecule has 2 saturated heterocycles. The SMILES string of the molecule is CN1C2CCC1CC(CNS(=O)(=O)c1ccccc1)C2. The Morgan fingerprint density at radius 2 is 1.75 bits per heavy atom. The minimum absolute atomic E-state index is 0.357. The molecule has 0 aromatic heterocycles. The smallest absolute Gasteiger partial charge is 0.240 e. The van der Waals surface area contributed by atoms with E-state index < -0.39 is 10.0 Å². The second-order valence-electron chi connectivity index (χ2n) is 6.05. The zero-order valence-corrected chi connectivity index (χ0v) is 12.6. The van der Waals surface area contributed by atoms with E-state index in [0.29, 0.717) is 29.4 Å². The predicted octanol–water partition coefficient (Wildman–Crippen LogP) is 1.84. The molecule has 2 unspecified atom stereocenters. The summed E-state index contributed by atoms with van der Waals surface area (Å²) in [5.41, 5.74) is 0. The summed E-state index contributed by atoms with van der Waals surface area (Å²) in [5, 5.41) is 0. The highest BCUT2D eigenvalue weighted by atomic mass is 32.2. The Balaban J connectivity index is 1.60. The minimum Gasteiger partial charge on any atom is -0.300 e. The van der Waals surface area contributed by atoms with Crippen molar-refractivity contribution in [2.45, 2.75) is 42.7 Å². The van der Waals surface area contributed by atoms with Gasteiger partial charge < -0.3 is 4.90 Å². The molecule has 0 saturated carbocycles. The van der Waals surface area contributed by atoms with Gasteiger partial charge in [0.2, 0.25) is 10.0 Å². The zero-order valence-electron chi connectivity index (χ0n) is 11.8. The first-order valence-electron chi connectivity index (χ1n) is 7.33. The van der Waals surface area contributed by atoms with E-state index in [4.69, 9.17) is 0 Å². The number of nitrogens with zero attached hydrogens (tertiary/aromatic N) is 1. The molecule has 0 radical (unpaired) electrons. The van der Waals surface area contributed by atoms with Crippen LogP contribution in [0.1, 0.15) is 25.7 Å². The van der Waals surface area contributed by atoms with Gasteiger partial charge in [-0.05, 0) is 50.8 Å².